The predicted molar refractivity (Wildman–Crippen MR) is 134 cm³/mol. The van der Waals surface area contributed by atoms with Gasteiger partial charge in [-0.1, -0.05) is 77.3 Å². The van der Waals surface area contributed by atoms with Crippen LogP contribution in [-0.2, 0) is 6.54 Å². The van der Waals surface area contributed by atoms with Gasteiger partial charge in [0.25, 0.3) is 0 Å². The minimum atomic E-state index is -0.461. The largest absolute Gasteiger partial charge is 0.366 e. The molecule has 4 aromatic carbocycles. The molecule has 3 nitrogen and oxygen atoms in total. The molecule has 1 heterocycles. The first-order valence-corrected chi connectivity index (χ1v) is 11.1. The predicted octanol–water partition coefficient (Wildman–Crippen LogP) is 7.57. The summed E-state index contributed by atoms with van der Waals surface area (Å²) in [7, 11) is 0. The van der Waals surface area contributed by atoms with E-state index in [1.165, 1.54) is 0 Å². The zero-order valence-electron chi connectivity index (χ0n) is 16.8. The van der Waals surface area contributed by atoms with Gasteiger partial charge in [-0.05, 0) is 53.1 Å². The van der Waals surface area contributed by atoms with Crippen molar-refractivity contribution in [2.24, 2.45) is 5.73 Å². The van der Waals surface area contributed by atoms with Crippen LogP contribution in [0.15, 0.2) is 78.9 Å². The Labute approximate surface area is 199 Å². The van der Waals surface area contributed by atoms with Gasteiger partial charge in [-0.25, -0.2) is 0 Å². The molecule has 32 heavy (non-hydrogen) atoms. The Hall–Kier alpha value is -2.98. The van der Waals surface area contributed by atoms with Gasteiger partial charge >= 0.3 is 0 Å². The van der Waals surface area contributed by atoms with E-state index in [9.17, 15) is 4.79 Å². The van der Waals surface area contributed by atoms with E-state index >= 15 is 0 Å². The van der Waals surface area contributed by atoms with Crippen molar-refractivity contribution in [2.45, 2.75) is 6.54 Å². The minimum Gasteiger partial charge on any atom is -0.366 e. The van der Waals surface area contributed by atoms with Gasteiger partial charge in [0.15, 0.2) is 0 Å². The van der Waals surface area contributed by atoms with E-state index in [0.717, 1.165) is 38.5 Å². The Morgan fingerprint density at radius 1 is 0.812 bits per heavy atom. The number of benzene rings is 4. The fourth-order valence-corrected chi connectivity index (χ4v) is 4.69. The Kier molecular flexibility index (Phi) is 5.34. The number of nitrogens with zero attached hydrogens (tertiary/aromatic N) is 1. The maximum Gasteiger partial charge on any atom is 0.249 e. The van der Waals surface area contributed by atoms with Crippen LogP contribution in [0.25, 0.3) is 32.9 Å². The first-order valence-electron chi connectivity index (χ1n) is 9.97. The van der Waals surface area contributed by atoms with Crippen molar-refractivity contribution in [3.8, 4) is 11.1 Å². The molecule has 0 atom stereocenters. The molecule has 0 aliphatic rings. The zero-order valence-corrected chi connectivity index (χ0v) is 19.0. The molecule has 0 saturated heterocycles. The summed E-state index contributed by atoms with van der Waals surface area (Å²) >= 11 is 18.8. The number of hydrogen-bond acceptors (Lipinski definition) is 1. The third-order valence-electron chi connectivity index (χ3n) is 5.69. The number of hydrogen-bond donors (Lipinski definition) is 1. The fraction of sp³-hybridized carbons (Fsp3) is 0.0385. The number of carbonyl (C=O) groups excluding carboxylic acids is 1. The van der Waals surface area contributed by atoms with Crippen molar-refractivity contribution in [1.29, 1.82) is 0 Å². The second kappa shape index (κ2) is 8.18. The number of carbonyl (C=O) groups is 1. The lowest BCUT2D eigenvalue weighted by molar-refractivity contribution is 0.100. The van der Waals surface area contributed by atoms with Gasteiger partial charge in [0, 0.05) is 27.9 Å². The zero-order chi connectivity index (χ0) is 22.4. The van der Waals surface area contributed by atoms with Crippen LogP contribution < -0.4 is 5.73 Å². The molecule has 0 bridgehead atoms. The summed E-state index contributed by atoms with van der Waals surface area (Å²) in [4.78, 5) is 12.2. The number of aromatic nitrogens is 1. The van der Waals surface area contributed by atoms with Gasteiger partial charge in [-0.2, -0.15) is 0 Å². The van der Waals surface area contributed by atoms with Crippen LogP contribution >= 0.6 is 34.8 Å². The summed E-state index contributed by atoms with van der Waals surface area (Å²) in [6.45, 7) is 0.492. The quantitative estimate of drug-likeness (QED) is 0.284. The van der Waals surface area contributed by atoms with E-state index in [1.54, 1.807) is 12.1 Å². The highest BCUT2D eigenvalue weighted by molar-refractivity contribution is 6.42. The molecular formula is C26H17Cl3N2O. The van der Waals surface area contributed by atoms with E-state index < -0.39 is 5.91 Å². The molecule has 0 spiro atoms. The number of halogens is 3. The lowest BCUT2D eigenvalue weighted by atomic mass is 10.0. The summed E-state index contributed by atoms with van der Waals surface area (Å²) in [5, 5.41) is 3.49. The van der Waals surface area contributed by atoms with Crippen molar-refractivity contribution in [3.63, 3.8) is 0 Å². The van der Waals surface area contributed by atoms with Crippen LogP contribution in [0.4, 0.5) is 0 Å². The van der Waals surface area contributed by atoms with Gasteiger partial charge in [0.2, 0.25) is 5.91 Å². The first-order chi connectivity index (χ1) is 15.4. The monoisotopic (exact) mass is 478 g/mol. The molecule has 0 aliphatic carbocycles. The van der Waals surface area contributed by atoms with Crippen molar-refractivity contribution in [3.05, 3.63) is 105 Å². The Balaban J connectivity index is 1.81. The van der Waals surface area contributed by atoms with Gasteiger partial charge in [-0.3, -0.25) is 4.79 Å². The Bertz CT molecular complexity index is 1500. The van der Waals surface area contributed by atoms with Crippen LogP contribution in [0.3, 0.4) is 0 Å². The highest BCUT2D eigenvalue weighted by Gasteiger charge is 2.18. The summed E-state index contributed by atoms with van der Waals surface area (Å²) < 4.78 is 2.15. The molecule has 2 N–H and O–H groups in total. The van der Waals surface area contributed by atoms with E-state index in [1.807, 2.05) is 60.7 Å². The molecule has 5 aromatic rings. The van der Waals surface area contributed by atoms with Crippen molar-refractivity contribution >= 4 is 62.5 Å². The molecule has 1 aromatic heterocycles. The summed E-state index contributed by atoms with van der Waals surface area (Å²) in [5.74, 6) is -0.461. The van der Waals surface area contributed by atoms with Crippen LogP contribution in [0, 0.1) is 0 Å². The molecule has 6 heteroatoms. The topological polar surface area (TPSA) is 48.0 Å². The lowest BCUT2D eigenvalue weighted by Gasteiger charge is -2.11. The minimum absolute atomic E-state index is 0.461. The second-order valence-corrected chi connectivity index (χ2v) is 8.82. The Morgan fingerprint density at radius 3 is 2.28 bits per heavy atom. The number of primary amides is 1. The molecule has 0 saturated carbocycles. The molecule has 5 rings (SSSR count). The number of nitrogens with two attached hydrogens (primary N) is 1. The molecular weight excluding hydrogens is 463 g/mol. The van der Waals surface area contributed by atoms with E-state index in [4.69, 9.17) is 40.5 Å². The molecule has 158 valence electrons. The standard InChI is InChI=1S/C26H17Cl3N2O/c27-18-10-7-15(8-11-18)16-9-12-19-23(13-16)31(14-17-3-1-5-21(28)25(17)29)22-6-2-4-20(24(19)22)26(30)32/h1-13H,14H2,(H2,30,32). The Morgan fingerprint density at radius 2 is 1.53 bits per heavy atom. The van der Waals surface area contributed by atoms with Gasteiger partial charge in [0.05, 0.1) is 21.1 Å². The molecule has 0 aliphatic heterocycles. The third-order valence-corrected chi connectivity index (χ3v) is 6.80. The highest BCUT2D eigenvalue weighted by atomic mass is 35.5. The smallest absolute Gasteiger partial charge is 0.249 e. The number of amides is 1. The van der Waals surface area contributed by atoms with Crippen LogP contribution in [0.2, 0.25) is 15.1 Å². The fourth-order valence-electron chi connectivity index (χ4n) is 4.18. The normalized spacial score (nSPS) is 11.3. The van der Waals surface area contributed by atoms with E-state index in [2.05, 4.69) is 10.6 Å². The van der Waals surface area contributed by atoms with E-state index in [-0.39, 0.29) is 0 Å². The van der Waals surface area contributed by atoms with Crippen LogP contribution in [0.5, 0.6) is 0 Å². The summed E-state index contributed by atoms with van der Waals surface area (Å²) in [5.41, 5.74) is 11.0. The average molecular weight is 480 g/mol. The number of rotatable bonds is 4. The average Bonchev–Trinajstić information content (AvgIpc) is 3.10. The third kappa shape index (κ3) is 3.53. The molecule has 1 amide bonds. The van der Waals surface area contributed by atoms with Crippen LogP contribution in [-0.4, -0.2) is 10.5 Å². The first kappa shape index (κ1) is 20.9. The second-order valence-electron chi connectivity index (χ2n) is 7.60. The van der Waals surface area contributed by atoms with E-state index in [0.29, 0.717) is 27.2 Å². The van der Waals surface area contributed by atoms with Gasteiger partial charge in [-0.15, -0.1) is 0 Å². The maximum atomic E-state index is 12.2. The molecule has 0 fully saturated rings. The maximum absolute atomic E-state index is 12.2. The lowest BCUT2D eigenvalue weighted by Crippen LogP contribution is -2.11. The van der Waals surface area contributed by atoms with Crippen molar-refractivity contribution in [2.75, 3.05) is 0 Å². The number of fused-ring (bicyclic) bond motifs is 3. The van der Waals surface area contributed by atoms with Crippen LogP contribution in [0.1, 0.15) is 15.9 Å². The summed E-state index contributed by atoms with van der Waals surface area (Å²) in [6, 6.07) is 25.1. The molecule has 0 radical (unpaired) electrons. The SMILES string of the molecule is NC(=O)c1cccc2c1c1ccc(-c3ccc(Cl)cc3)cc1n2Cc1cccc(Cl)c1Cl. The van der Waals surface area contributed by atoms with Gasteiger partial charge in [0.1, 0.15) is 0 Å². The van der Waals surface area contributed by atoms with Crippen molar-refractivity contribution in [1.82, 2.24) is 4.57 Å². The van der Waals surface area contributed by atoms with Gasteiger partial charge < -0.3 is 10.3 Å². The molecule has 0 unspecified atom stereocenters. The highest BCUT2D eigenvalue weighted by Crippen LogP contribution is 2.36. The van der Waals surface area contributed by atoms with Crippen molar-refractivity contribution < 1.29 is 4.79 Å². The summed E-state index contributed by atoms with van der Waals surface area (Å²) in [6.07, 6.45) is 0.